The first-order chi connectivity index (χ1) is 9.18. The molecule has 0 N–H and O–H groups in total. The second kappa shape index (κ2) is 7.43. The fourth-order valence-corrected chi connectivity index (χ4v) is 1.36. The molecular weight excluding hydrogens is 367 g/mol. The van der Waals surface area contributed by atoms with Crippen molar-refractivity contribution in [1.29, 1.82) is 0 Å². The van der Waals surface area contributed by atoms with Crippen molar-refractivity contribution in [3.8, 4) is 11.3 Å². The molecule has 0 fully saturated rings. The van der Waals surface area contributed by atoms with E-state index in [0.717, 1.165) is 5.56 Å². The van der Waals surface area contributed by atoms with Crippen LogP contribution in [0.15, 0.2) is 35.4 Å². The van der Waals surface area contributed by atoms with Gasteiger partial charge >= 0.3 is 5.20 Å². The van der Waals surface area contributed by atoms with Crippen LogP contribution in [0.2, 0.25) is 5.28 Å². The summed E-state index contributed by atoms with van der Waals surface area (Å²) in [5.41, 5.74) is 1.21. The number of pyridine rings is 1. The van der Waals surface area contributed by atoms with Gasteiger partial charge in [0.25, 0.3) is 5.56 Å². The fourth-order valence-electron chi connectivity index (χ4n) is 1.18. The van der Waals surface area contributed by atoms with Crippen molar-refractivity contribution in [2.24, 2.45) is 7.05 Å². The Labute approximate surface area is 134 Å². The van der Waals surface area contributed by atoms with Crippen molar-refractivity contribution in [3.05, 3.63) is 46.2 Å². The molecule has 0 aliphatic rings. The molecule has 0 amide bonds. The Balaban J connectivity index is 0.000000347. The maximum Gasteiger partial charge on any atom is 0.339 e. The zero-order chi connectivity index (χ0) is 15.3. The van der Waals surface area contributed by atoms with Crippen LogP contribution in [0.4, 0.5) is 0 Å². The Morgan fingerprint density at radius 2 is 1.70 bits per heavy atom. The molecule has 0 unspecified atom stereocenters. The molecular formula is C10H8Cl4N3O2P. The summed E-state index contributed by atoms with van der Waals surface area (Å²) >= 11 is 19.7. The summed E-state index contributed by atoms with van der Waals surface area (Å²) in [4.78, 5) is 19.5. The minimum Gasteiger partial charge on any atom is -0.286 e. The van der Waals surface area contributed by atoms with Crippen LogP contribution in [0.25, 0.3) is 11.3 Å². The lowest BCUT2D eigenvalue weighted by atomic mass is 10.2. The first kappa shape index (κ1) is 17.5. The normalized spacial score (nSPS) is 10.7. The molecule has 0 bridgehead atoms. The predicted octanol–water partition coefficient (Wildman–Crippen LogP) is 4.31. The lowest BCUT2D eigenvalue weighted by molar-refractivity contribution is 0.600. The lowest BCUT2D eigenvalue weighted by Crippen LogP contribution is -2.17. The van der Waals surface area contributed by atoms with Crippen LogP contribution in [0.3, 0.4) is 0 Å². The van der Waals surface area contributed by atoms with Crippen molar-refractivity contribution < 1.29 is 4.57 Å². The van der Waals surface area contributed by atoms with E-state index in [1.165, 1.54) is 10.6 Å². The largest absolute Gasteiger partial charge is 0.339 e. The quantitative estimate of drug-likeness (QED) is 0.551. The highest BCUT2D eigenvalue weighted by molar-refractivity contribution is 8.24. The number of hydrogen-bond acceptors (Lipinski definition) is 4. The minimum atomic E-state index is -3.22. The van der Waals surface area contributed by atoms with E-state index in [-0.39, 0.29) is 10.8 Å². The Morgan fingerprint density at radius 3 is 2.15 bits per heavy atom. The molecule has 2 aromatic rings. The fraction of sp³-hybridized carbons (Fsp3) is 0.100. The van der Waals surface area contributed by atoms with E-state index in [9.17, 15) is 9.36 Å². The van der Waals surface area contributed by atoms with E-state index in [4.69, 9.17) is 11.6 Å². The summed E-state index contributed by atoms with van der Waals surface area (Å²) in [6.07, 6.45) is 3.28. The van der Waals surface area contributed by atoms with Gasteiger partial charge in [0.1, 0.15) is 0 Å². The third-order valence-corrected chi connectivity index (χ3v) is 2.39. The van der Waals surface area contributed by atoms with Crippen LogP contribution in [0.5, 0.6) is 0 Å². The molecule has 0 saturated heterocycles. The number of nitrogens with zero attached hydrogens (tertiary/aromatic N) is 3. The summed E-state index contributed by atoms with van der Waals surface area (Å²) in [7, 11) is 1.58. The van der Waals surface area contributed by atoms with Gasteiger partial charge in [-0.15, -0.1) is 0 Å². The van der Waals surface area contributed by atoms with E-state index < -0.39 is 5.20 Å². The van der Waals surface area contributed by atoms with Crippen molar-refractivity contribution >= 4 is 50.5 Å². The van der Waals surface area contributed by atoms with Gasteiger partial charge in [0, 0.05) is 31.1 Å². The number of rotatable bonds is 1. The Kier molecular flexibility index (Phi) is 6.49. The molecule has 10 heteroatoms. The van der Waals surface area contributed by atoms with Crippen molar-refractivity contribution in [1.82, 2.24) is 14.5 Å². The summed E-state index contributed by atoms with van der Waals surface area (Å²) in [6.45, 7) is 0. The first-order valence-corrected chi connectivity index (χ1v) is 9.81. The molecule has 0 atom stereocenters. The molecule has 108 valence electrons. The first-order valence-electron chi connectivity index (χ1n) is 5.01. The second-order valence-corrected chi connectivity index (χ2v) is 10.4. The molecule has 0 aliphatic carbocycles. The third-order valence-electron chi connectivity index (χ3n) is 2.06. The smallest absolute Gasteiger partial charge is 0.286 e. The van der Waals surface area contributed by atoms with Gasteiger partial charge in [0.2, 0.25) is 5.28 Å². The topological polar surface area (TPSA) is 64.8 Å². The summed E-state index contributed by atoms with van der Waals surface area (Å²) in [5.74, 6) is 0. The number of aromatic nitrogens is 3. The van der Waals surface area contributed by atoms with Crippen molar-refractivity contribution in [3.63, 3.8) is 0 Å². The zero-order valence-corrected chi connectivity index (χ0v) is 13.9. The van der Waals surface area contributed by atoms with Gasteiger partial charge in [-0.25, -0.2) is 4.98 Å². The van der Waals surface area contributed by atoms with Gasteiger partial charge < -0.3 is 0 Å². The minimum absolute atomic E-state index is 0.175. The molecule has 2 heterocycles. The summed E-state index contributed by atoms with van der Waals surface area (Å²) < 4.78 is 10.8. The third kappa shape index (κ3) is 6.25. The van der Waals surface area contributed by atoms with Crippen LogP contribution in [0.1, 0.15) is 0 Å². The molecule has 0 saturated carbocycles. The van der Waals surface area contributed by atoms with Crippen molar-refractivity contribution in [2.75, 3.05) is 0 Å². The zero-order valence-electron chi connectivity index (χ0n) is 10.0. The predicted molar refractivity (Wildman–Crippen MR) is 82.9 cm³/mol. The summed E-state index contributed by atoms with van der Waals surface area (Å²) in [6, 6.07) is 5.00. The van der Waals surface area contributed by atoms with Crippen LogP contribution in [0, 0.1) is 0 Å². The van der Waals surface area contributed by atoms with Gasteiger partial charge in [0.05, 0.1) is 5.69 Å². The Morgan fingerprint density at radius 1 is 1.20 bits per heavy atom. The second-order valence-electron chi connectivity index (χ2n) is 3.44. The van der Waals surface area contributed by atoms with Crippen LogP contribution in [-0.4, -0.2) is 14.5 Å². The van der Waals surface area contributed by atoms with Gasteiger partial charge in [0.15, 0.2) is 0 Å². The van der Waals surface area contributed by atoms with Gasteiger partial charge in [-0.3, -0.25) is 18.9 Å². The SMILES string of the molecule is Cn1c(Cl)nc(-c2ccncc2)cc1=O.O=P(Cl)(Cl)Cl. The highest BCUT2D eigenvalue weighted by Crippen LogP contribution is 2.61. The highest BCUT2D eigenvalue weighted by Gasteiger charge is 2.04. The summed E-state index contributed by atoms with van der Waals surface area (Å²) in [5, 5.41) is -3.05. The molecule has 0 spiro atoms. The van der Waals surface area contributed by atoms with Crippen LogP contribution < -0.4 is 5.56 Å². The van der Waals surface area contributed by atoms with E-state index >= 15 is 0 Å². The molecule has 2 aromatic heterocycles. The molecule has 20 heavy (non-hydrogen) atoms. The van der Waals surface area contributed by atoms with Gasteiger partial charge in [-0.1, -0.05) is 0 Å². The Bertz CT molecular complexity index is 678. The van der Waals surface area contributed by atoms with Crippen LogP contribution in [-0.2, 0) is 11.6 Å². The molecule has 0 aromatic carbocycles. The lowest BCUT2D eigenvalue weighted by Gasteiger charge is -2.03. The Hall–Kier alpha value is -0.580. The van der Waals surface area contributed by atoms with Crippen LogP contribution >= 0.6 is 50.5 Å². The monoisotopic (exact) mass is 373 g/mol. The maximum atomic E-state index is 11.5. The number of hydrogen-bond donors (Lipinski definition) is 0. The highest BCUT2D eigenvalue weighted by atomic mass is 36.0. The average Bonchev–Trinajstić information content (AvgIpc) is 2.34. The van der Waals surface area contributed by atoms with Gasteiger partial charge in [-0.05, 0) is 57.5 Å². The van der Waals surface area contributed by atoms with Gasteiger partial charge in [-0.2, -0.15) is 0 Å². The molecule has 0 radical (unpaired) electrons. The standard InChI is InChI=1S/C10H8ClN3O.Cl3OP/c1-14-9(15)6-8(13-10(14)11)7-2-4-12-5-3-7;1-5(2,3)4/h2-6H,1H3;. The molecule has 5 nitrogen and oxygen atoms in total. The van der Waals surface area contributed by atoms with E-state index in [0.29, 0.717) is 5.69 Å². The molecule has 2 rings (SSSR count). The van der Waals surface area contributed by atoms with E-state index in [2.05, 4.69) is 43.7 Å². The van der Waals surface area contributed by atoms with Crippen molar-refractivity contribution in [2.45, 2.75) is 0 Å². The van der Waals surface area contributed by atoms with E-state index in [1.807, 2.05) is 0 Å². The average molecular weight is 375 g/mol. The maximum absolute atomic E-state index is 11.5. The number of halogens is 4. The molecule has 0 aliphatic heterocycles. The van der Waals surface area contributed by atoms with E-state index in [1.54, 1.807) is 31.6 Å².